The van der Waals surface area contributed by atoms with Gasteiger partial charge in [0.1, 0.15) is 0 Å². The first kappa shape index (κ1) is 19.2. The van der Waals surface area contributed by atoms with Gasteiger partial charge < -0.3 is 10.6 Å². The summed E-state index contributed by atoms with van der Waals surface area (Å²) in [5, 5.41) is 6.48. The summed E-state index contributed by atoms with van der Waals surface area (Å²) in [6.45, 7) is 6.92. The predicted octanol–water partition coefficient (Wildman–Crippen LogP) is 3.59. The number of hydrogen-bond acceptors (Lipinski definition) is 1. The predicted molar refractivity (Wildman–Crippen MR) is 99.1 cm³/mol. The first-order valence-electron chi connectivity index (χ1n) is 7.43. The van der Waals surface area contributed by atoms with Gasteiger partial charge in [0.25, 0.3) is 0 Å². The maximum atomic E-state index is 4.54. The van der Waals surface area contributed by atoms with E-state index in [0.717, 1.165) is 32.0 Å². The van der Waals surface area contributed by atoms with Crippen molar-refractivity contribution in [3.05, 3.63) is 35.9 Å². The normalized spacial score (nSPS) is 9.50. The van der Waals surface area contributed by atoms with Crippen LogP contribution in [0, 0.1) is 0 Å². The van der Waals surface area contributed by atoms with Crippen LogP contribution in [0.25, 0.3) is 0 Å². The van der Waals surface area contributed by atoms with Gasteiger partial charge in [-0.25, -0.2) is 0 Å². The molecule has 0 aromatic heterocycles. The Hall–Kier alpha value is -0.780. The van der Waals surface area contributed by atoms with Gasteiger partial charge in [0.05, 0.1) is 0 Å². The first-order valence-corrected chi connectivity index (χ1v) is 7.43. The molecule has 1 aromatic carbocycles. The molecular weight excluding hydrogens is 361 g/mol. The minimum Gasteiger partial charge on any atom is -0.357 e. The van der Waals surface area contributed by atoms with Crippen LogP contribution in [0.15, 0.2) is 35.3 Å². The Morgan fingerprint density at radius 1 is 0.950 bits per heavy atom. The fourth-order valence-corrected chi connectivity index (χ4v) is 1.96. The molecule has 0 saturated carbocycles. The van der Waals surface area contributed by atoms with Crippen LogP contribution < -0.4 is 10.6 Å². The van der Waals surface area contributed by atoms with E-state index < -0.39 is 0 Å². The molecule has 2 N–H and O–H groups in total. The van der Waals surface area contributed by atoms with Crippen molar-refractivity contribution in [1.29, 1.82) is 0 Å². The Kier molecular flexibility index (Phi) is 12.7. The minimum absolute atomic E-state index is 0. The number of guanidine groups is 1. The molecule has 0 aliphatic heterocycles. The number of nitrogens with zero attached hydrogens (tertiary/aromatic N) is 1. The molecule has 3 nitrogen and oxygen atoms in total. The van der Waals surface area contributed by atoms with Gasteiger partial charge in [-0.2, -0.15) is 0 Å². The molecular formula is C16H28IN3. The van der Waals surface area contributed by atoms with E-state index in [2.05, 4.69) is 59.8 Å². The van der Waals surface area contributed by atoms with Gasteiger partial charge >= 0.3 is 0 Å². The van der Waals surface area contributed by atoms with Gasteiger partial charge in [-0.1, -0.05) is 36.8 Å². The lowest BCUT2D eigenvalue weighted by atomic mass is 10.1. The number of nitrogens with one attached hydrogen (secondary N) is 2. The van der Waals surface area contributed by atoms with Crippen molar-refractivity contribution >= 4 is 29.9 Å². The van der Waals surface area contributed by atoms with Gasteiger partial charge in [0.2, 0.25) is 0 Å². The minimum atomic E-state index is 0. The molecule has 0 aliphatic carbocycles. The standard InChI is InChI=1S/C16H27N3.HI/c1-3-17-16(18-4-2)19-14-10-6-9-13-15-11-7-5-8-12-15;/h5,7-8,11-12H,3-4,6,9-10,13-14H2,1-2H3,(H2,17,18,19);1H. The molecule has 4 heteroatoms. The van der Waals surface area contributed by atoms with Crippen LogP contribution in [-0.4, -0.2) is 25.6 Å². The van der Waals surface area contributed by atoms with E-state index in [-0.39, 0.29) is 24.0 Å². The van der Waals surface area contributed by atoms with Gasteiger partial charge in [0, 0.05) is 19.6 Å². The van der Waals surface area contributed by atoms with Crippen LogP contribution in [0.1, 0.15) is 38.7 Å². The molecule has 0 spiro atoms. The Balaban J connectivity index is 0.00000361. The van der Waals surface area contributed by atoms with Gasteiger partial charge in [0.15, 0.2) is 5.96 Å². The molecule has 0 aliphatic rings. The van der Waals surface area contributed by atoms with Crippen molar-refractivity contribution in [1.82, 2.24) is 10.6 Å². The highest BCUT2D eigenvalue weighted by Crippen LogP contribution is 2.06. The van der Waals surface area contributed by atoms with E-state index in [9.17, 15) is 0 Å². The Morgan fingerprint density at radius 2 is 1.60 bits per heavy atom. The maximum absolute atomic E-state index is 4.54. The molecule has 1 rings (SSSR count). The third-order valence-electron chi connectivity index (χ3n) is 2.92. The average Bonchev–Trinajstić information content (AvgIpc) is 2.44. The summed E-state index contributed by atoms with van der Waals surface area (Å²) in [6.07, 6.45) is 4.83. The summed E-state index contributed by atoms with van der Waals surface area (Å²) in [4.78, 5) is 4.54. The molecule has 0 saturated heterocycles. The van der Waals surface area contributed by atoms with Crippen molar-refractivity contribution < 1.29 is 0 Å². The van der Waals surface area contributed by atoms with Gasteiger partial charge in [-0.05, 0) is 38.7 Å². The zero-order chi connectivity index (χ0) is 13.8. The molecule has 114 valence electrons. The Labute approximate surface area is 140 Å². The van der Waals surface area contributed by atoms with Gasteiger partial charge in [-0.3, -0.25) is 4.99 Å². The van der Waals surface area contributed by atoms with E-state index in [0.29, 0.717) is 0 Å². The molecule has 20 heavy (non-hydrogen) atoms. The topological polar surface area (TPSA) is 36.4 Å². The van der Waals surface area contributed by atoms with Crippen LogP contribution >= 0.6 is 24.0 Å². The summed E-state index contributed by atoms with van der Waals surface area (Å²) < 4.78 is 0. The molecule has 0 radical (unpaired) electrons. The number of rotatable bonds is 8. The SMILES string of the molecule is CCNC(=NCCCCCc1ccccc1)NCC.I. The molecule has 0 bridgehead atoms. The van der Waals surface area contributed by atoms with Crippen molar-refractivity contribution in [3.63, 3.8) is 0 Å². The summed E-state index contributed by atoms with van der Waals surface area (Å²) >= 11 is 0. The van der Waals surface area contributed by atoms with Crippen molar-refractivity contribution in [3.8, 4) is 0 Å². The van der Waals surface area contributed by atoms with Crippen molar-refractivity contribution in [2.75, 3.05) is 19.6 Å². The highest BCUT2D eigenvalue weighted by Gasteiger charge is 1.95. The molecule has 0 heterocycles. The monoisotopic (exact) mass is 389 g/mol. The largest absolute Gasteiger partial charge is 0.357 e. The van der Waals surface area contributed by atoms with E-state index in [4.69, 9.17) is 0 Å². The van der Waals surface area contributed by atoms with E-state index in [1.807, 2.05) is 0 Å². The molecule has 1 aromatic rings. The van der Waals surface area contributed by atoms with E-state index >= 15 is 0 Å². The third-order valence-corrected chi connectivity index (χ3v) is 2.92. The molecule has 0 unspecified atom stereocenters. The van der Waals surface area contributed by atoms with Crippen LogP contribution in [-0.2, 0) is 6.42 Å². The fourth-order valence-electron chi connectivity index (χ4n) is 1.96. The highest BCUT2D eigenvalue weighted by atomic mass is 127. The highest BCUT2D eigenvalue weighted by molar-refractivity contribution is 14.0. The summed E-state index contributed by atoms with van der Waals surface area (Å²) in [6, 6.07) is 10.7. The smallest absolute Gasteiger partial charge is 0.191 e. The van der Waals surface area contributed by atoms with Crippen LogP contribution in [0.3, 0.4) is 0 Å². The molecule has 0 fully saturated rings. The summed E-state index contributed by atoms with van der Waals surface area (Å²) in [5.41, 5.74) is 1.44. The van der Waals surface area contributed by atoms with Crippen LogP contribution in [0.5, 0.6) is 0 Å². The lowest BCUT2D eigenvalue weighted by molar-refractivity contribution is 0.682. The third kappa shape index (κ3) is 9.18. The molecule has 0 atom stereocenters. The fraction of sp³-hybridized carbons (Fsp3) is 0.562. The second-order valence-corrected chi connectivity index (χ2v) is 4.59. The zero-order valence-electron chi connectivity index (χ0n) is 12.7. The zero-order valence-corrected chi connectivity index (χ0v) is 15.0. The first-order chi connectivity index (χ1) is 9.36. The molecule has 0 amide bonds. The summed E-state index contributed by atoms with van der Waals surface area (Å²) in [5.74, 6) is 0.938. The van der Waals surface area contributed by atoms with Gasteiger partial charge in [-0.15, -0.1) is 24.0 Å². The summed E-state index contributed by atoms with van der Waals surface area (Å²) in [7, 11) is 0. The quantitative estimate of drug-likeness (QED) is 0.309. The lowest BCUT2D eigenvalue weighted by Crippen LogP contribution is -2.37. The second kappa shape index (κ2) is 13.2. The van der Waals surface area contributed by atoms with Crippen LogP contribution in [0.2, 0.25) is 0 Å². The maximum Gasteiger partial charge on any atom is 0.191 e. The number of aryl methyl sites for hydroxylation is 1. The van der Waals surface area contributed by atoms with E-state index in [1.54, 1.807) is 0 Å². The number of unbranched alkanes of at least 4 members (excludes halogenated alkanes) is 2. The number of halogens is 1. The lowest BCUT2D eigenvalue weighted by Gasteiger charge is -2.08. The number of aliphatic imine (C=N–C) groups is 1. The van der Waals surface area contributed by atoms with E-state index in [1.165, 1.54) is 24.8 Å². The van der Waals surface area contributed by atoms with Crippen molar-refractivity contribution in [2.45, 2.75) is 39.5 Å². The second-order valence-electron chi connectivity index (χ2n) is 4.59. The Bertz CT molecular complexity index is 344. The number of benzene rings is 1. The Morgan fingerprint density at radius 3 is 2.20 bits per heavy atom. The van der Waals surface area contributed by atoms with Crippen molar-refractivity contribution in [2.24, 2.45) is 4.99 Å². The average molecular weight is 389 g/mol. The van der Waals surface area contributed by atoms with Crippen LogP contribution in [0.4, 0.5) is 0 Å². The number of hydrogen-bond donors (Lipinski definition) is 2.